The quantitative estimate of drug-likeness (QED) is 0.226. The molecular formula is C18H30. The van der Waals surface area contributed by atoms with Crippen LogP contribution in [0.25, 0.3) is 0 Å². The van der Waals surface area contributed by atoms with Crippen molar-refractivity contribution in [3.8, 4) is 0 Å². The summed E-state index contributed by atoms with van der Waals surface area (Å²) >= 11 is 0. The van der Waals surface area contributed by atoms with Crippen molar-refractivity contribution in [3.05, 3.63) is 42.2 Å². The molecule has 0 bridgehead atoms. The molecule has 0 saturated carbocycles. The highest BCUT2D eigenvalue weighted by Crippen LogP contribution is 2.05. The third-order valence-corrected chi connectivity index (χ3v) is 2.73. The fourth-order valence-electron chi connectivity index (χ4n) is 1.68. The lowest BCUT2D eigenvalue weighted by molar-refractivity contribution is 0.695. The lowest BCUT2D eigenvalue weighted by Gasteiger charge is -1.94. The fourth-order valence-corrected chi connectivity index (χ4v) is 1.68. The Bertz CT molecular complexity index is 262. The van der Waals surface area contributed by atoms with Gasteiger partial charge >= 0.3 is 0 Å². The van der Waals surface area contributed by atoms with Gasteiger partial charge in [0.2, 0.25) is 0 Å². The van der Waals surface area contributed by atoms with Crippen LogP contribution in [0.15, 0.2) is 42.2 Å². The molecule has 0 aromatic heterocycles. The summed E-state index contributed by atoms with van der Waals surface area (Å²) in [6, 6.07) is 0. The molecule has 102 valence electrons. The summed E-state index contributed by atoms with van der Waals surface area (Å²) in [7, 11) is 0. The van der Waals surface area contributed by atoms with Crippen LogP contribution in [0.5, 0.6) is 0 Å². The molecule has 0 saturated heterocycles. The van der Waals surface area contributed by atoms with E-state index in [4.69, 9.17) is 0 Å². The summed E-state index contributed by atoms with van der Waals surface area (Å²) in [5.41, 5.74) is 3.20. The number of allylic oxidation sites excluding steroid dienone is 5. The van der Waals surface area contributed by atoms with Crippen LogP contribution in [0.1, 0.15) is 71.6 Å². The molecule has 0 heteroatoms. The fraction of sp³-hybridized carbons (Fsp3) is 0.611. The Labute approximate surface area is 114 Å². The van der Waals surface area contributed by atoms with E-state index in [2.05, 4.69) is 56.0 Å². The minimum Gasteiger partial charge on any atom is -0.130 e. The summed E-state index contributed by atoms with van der Waals surface area (Å²) in [5, 5.41) is 0. The van der Waals surface area contributed by atoms with Crippen LogP contribution < -0.4 is 0 Å². The van der Waals surface area contributed by atoms with Crippen molar-refractivity contribution in [1.82, 2.24) is 0 Å². The van der Waals surface area contributed by atoms with Crippen molar-refractivity contribution in [3.63, 3.8) is 0 Å². The molecule has 0 aliphatic heterocycles. The smallest absolute Gasteiger partial charge is 0.0274 e. The summed E-state index contributed by atoms with van der Waals surface area (Å²) in [6.45, 7) is 4.32. The van der Waals surface area contributed by atoms with Gasteiger partial charge in [0.1, 0.15) is 0 Å². The first-order valence-electron chi connectivity index (χ1n) is 7.61. The minimum absolute atomic E-state index is 1.09. The zero-order valence-electron chi connectivity index (χ0n) is 12.3. The number of rotatable bonds is 11. The van der Waals surface area contributed by atoms with E-state index < -0.39 is 0 Å². The van der Waals surface area contributed by atoms with E-state index in [1.165, 1.54) is 44.9 Å². The standard InChI is InChI=1S/C18H30/c1-3-5-7-9-11-13-15-17-18-16-14-12-10-8-6-4-2/h5-7,10,13,15H,3-4,9,11-12,14,16-18H2,1-2H3. The Hall–Kier alpha value is -1.00. The second-order valence-electron chi connectivity index (χ2n) is 4.55. The Morgan fingerprint density at radius 2 is 1.28 bits per heavy atom. The van der Waals surface area contributed by atoms with Crippen LogP contribution in [0.3, 0.4) is 0 Å². The lowest BCUT2D eigenvalue weighted by atomic mass is 10.1. The predicted octanol–water partition coefficient (Wildman–Crippen LogP) is 6.36. The maximum atomic E-state index is 3.20. The van der Waals surface area contributed by atoms with Crippen LogP contribution in [-0.4, -0.2) is 0 Å². The minimum atomic E-state index is 1.09. The van der Waals surface area contributed by atoms with Crippen molar-refractivity contribution >= 4 is 0 Å². The van der Waals surface area contributed by atoms with Crippen molar-refractivity contribution in [1.29, 1.82) is 0 Å². The third-order valence-electron chi connectivity index (χ3n) is 2.73. The van der Waals surface area contributed by atoms with E-state index in [-0.39, 0.29) is 0 Å². The first kappa shape index (κ1) is 17.0. The number of hydrogen-bond acceptors (Lipinski definition) is 0. The molecule has 0 amide bonds. The zero-order chi connectivity index (χ0) is 13.3. The molecule has 18 heavy (non-hydrogen) atoms. The molecule has 0 aromatic rings. The maximum Gasteiger partial charge on any atom is -0.0274 e. The normalized spacial score (nSPS) is 11.0. The van der Waals surface area contributed by atoms with Gasteiger partial charge in [0.05, 0.1) is 0 Å². The predicted molar refractivity (Wildman–Crippen MR) is 83.8 cm³/mol. The molecule has 0 unspecified atom stereocenters. The van der Waals surface area contributed by atoms with Crippen molar-refractivity contribution in [2.45, 2.75) is 71.6 Å². The van der Waals surface area contributed by atoms with Gasteiger partial charge in [0.25, 0.3) is 0 Å². The van der Waals surface area contributed by atoms with Gasteiger partial charge in [-0.25, -0.2) is 0 Å². The van der Waals surface area contributed by atoms with E-state index in [0.29, 0.717) is 0 Å². The van der Waals surface area contributed by atoms with Gasteiger partial charge in [-0.15, -0.1) is 5.73 Å². The molecular weight excluding hydrogens is 216 g/mol. The van der Waals surface area contributed by atoms with Crippen molar-refractivity contribution in [2.75, 3.05) is 0 Å². The molecule has 0 heterocycles. The average Bonchev–Trinajstić information content (AvgIpc) is 2.39. The molecule has 0 N–H and O–H groups in total. The van der Waals surface area contributed by atoms with E-state index in [0.717, 1.165) is 12.8 Å². The molecule has 0 nitrogen and oxygen atoms in total. The average molecular weight is 246 g/mol. The molecule has 0 spiro atoms. The van der Waals surface area contributed by atoms with Gasteiger partial charge in [0.15, 0.2) is 0 Å². The van der Waals surface area contributed by atoms with E-state index in [1.54, 1.807) is 0 Å². The van der Waals surface area contributed by atoms with Gasteiger partial charge in [-0.3, -0.25) is 0 Å². The summed E-state index contributed by atoms with van der Waals surface area (Å²) < 4.78 is 0. The molecule has 0 aliphatic carbocycles. The Morgan fingerprint density at radius 3 is 2.00 bits per heavy atom. The summed E-state index contributed by atoms with van der Waals surface area (Å²) in [4.78, 5) is 0. The summed E-state index contributed by atoms with van der Waals surface area (Å²) in [6.07, 6.45) is 24.5. The van der Waals surface area contributed by atoms with Crippen LogP contribution >= 0.6 is 0 Å². The Kier molecular flexibility index (Phi) is 15.1. The summed E-state index contributed by atoms with van der Waals surface area (Å²) in [5.74, 6) is 0. The van der Waals surface area contributed by atoms with E-state index in [9.17, 15) is 0 Å². The van der Waals surface area contributed by atoms with Gasteiger partial charge < -0.3 is 0 Å². The highest BCUT2D eigenvalue weighted by Gasteiger charge is 1.85. The number of hydrogen-bond donors (Lipinski definition) is 0. The SMILES string of the molecule is CCC=C=CCCCCCC=CCCC=CCC. The topological polar surface area (TPSA) is 0 Å². The molecule has 0 aromatic carbocycles. The van der Waals surface area contributed by atoms with Crippen LogP contribution in [0, 0.1) is 0 Å². The number of unbranched alkanes of at least 4 members (excludes halogenated alkanes) is 5. The van der Waals surface area contributed by atoms with Gasteiger partial charge in [0, 0.05) is 0 Å². The highest BCUT2D eigenvalue weighted by atomic mass is 13.9. The van der Waals surface area contributed by atoms with Crippen LogP contribution in [0.2, 0.25) is 0 Å². The lowest BCUT2D eigenvalue weighted by Crippen LogP contribution is -1.74. The third kappa shape index (κ3) is 15.0. The molecule has 0 radical (unpaired) electrons. The molecule has 0 atom stereocenters. The Balaban J connectivity index is 3.22. The monoisotopic (exact) mass is 246 g/mol. The second kappa shape index (κ2) is 16.0. The van der Waals surface area contributed by atoms with Crippen LogP contribution in [-0.2, 0) is 0 Å². The Morgan fingerprint density at radius 1 is 0.611 bits per heavy atom. The van der Waals surface area contributed by atoms with Crippen molar-refractivity contribution in [2.24, 2.45) is 0 Å². The largest absolute Gasteiger partial charge is 0.130 e. The van der Waals surface area contributed by atoms with Gasteiger partial charge in [-0.2, -0.15) is 0 Å². The second-order valence-corrected chi connectivity index (χ2v) is 4.55. The highest BCUT2D eigenvalue weighted by molar-refractivity contribution is 4.87. The first-order valence-corrected chi connectivity index (χ1v) is 7.61. The van der Waals surface area contributed by atoms with Crippen LogP contribution in [0.4, 0.5) is 0 Å². The molecule has 0 fully saturated rings. The first-order chi connectivity index (χ1) is 8.91. The maximum absolute atomic E-state index is 3.20. The van der Waals surface area contributed by atoms with Crippen molar-refractivity contribution < 1.29 is 0 Å². The van der Waals surface area contributed by atoms with Gasteiger partial charge in [-0.1, -0.05) is 44.6 Å². The van der Waals surface area contributed by atoms with Gasteiger partial charge in [-0.05, 0) is 63.5 Å². The zero-order valence-corrected chi connectivity index (χ0v) is 12.3. The van der Waals surface area contributed by atoms with E-state index in [1.807, 2.05) is 0 Å². The van der Waals surface area contributed by atoms with E-state index >= 15 is 0 Å². The molecule has 0 aliphatic rings. The molecule has 0 rings (SSSR count).